The first-order valence-corrected chi connectivity index (χ1v) is 7.39. The molecular formula is C13H21N3O2S. The van der Waals surface area contributed by atoms with Crippen LogP contribution in [0.4, 0.5) is 5.13 Å². The maximum Gasteiger partial charge on any atom is 0.266 e. The molecule has 19 heavy (non-hydrogen) atoms. The van der Waals surface area contributed by atoms with Gasteiger partial charge in [0.15, 0.2) is 5.13 Å². The quantitative estimate of drug-likeness (QED) is 0.866. The predicted molar refractivity (Wildman–Crippen MR) is 76.4 cm³/mol. The molecule has 1 unspecified atom stereocenters. The zero-order chi connectivity index (χ0) is 14.0. The number of carbonyl (C=O) groups excluding carboxylic acids is 1. The van der Waals surface area contributed by atoms with Gasteiger partial charge < -0.3 is 15.4 Å². The molecule has 2 N–H and O–H groups in total. The van der Waals surface area contributed by atoms with E-state index in [0.29, 0.717) is 29.1 Å². The molecule has 0 aliphatic heterocycles. The first kappa shape index (κ1) is 14.3. The van der Waals surface area contributed by atoms with Gasteiger partial charge in [0.1, 0.15) is 4.88 Å². The summed E-state index contributed by atoms with van der Waals surface area (Å²) < 4.78 is 5.11. The molecule has 1 aromatic rings. The summed E-state index contributed by atoms with van der Waals surface area (Å²) in [7, 11) is 1.65. The summed E-state index contributed by atoms with van der Waals surface area (Å²) >= 11 is 1.27. The standard InChI is InChI=1S/C13H21N3O2S/c1-8-11(19-13(14)15-8)12(17)16(6-7-18-3)9(2)10-4-5-10/h9-10H,4-7H2,1-3H3,(H2,14,15). The zero-order valence-electron chi connectivity index (χ0n) is 11.7. The van der Waals surface area contributed by atoms with Crippen LogP contribution in [-0.2, 0) is 4.74 Å². The lowest BCUT2D eigenvalue weighted by Gasteiger charge is -2.29. The Morgan fingerprint density at radius 3 is 2.79 bits per heavy atom. The highest BCUT2D eigenvalue weighted by Crippen LogP contribution is 2.36. The van der Waals surface area contributed by atoms with E-state index in [2.05, 4.69) is 11.9 Å². The van der Waals surface area contributed by atoms with Crippen molar-refractivity contribution in [3.05, 3.63) is 10.6 Å². The Morgan fingerprint density at radius 1 is 1.63 bits per heavy atom. The van der Waals surface area contributed by atoms with E-state index in [1.165, 1.54) is 24.2 Å². The molecule has 6 heteroatoms. The number of nitrogens with zero attached hydrogens (tertiary/aromatic N) is 2. The number of nitrogens with two attached hydrogens (primary N) is 1. The molecule has 1 aromatic heterocycles. The van der Waals surface area contributed by atoms with Crippen molar-refractivity contribution >= 4 is 22.4 Å². The van der Waals surface area contributed by atoms with Gasteiger partial charge in [-0.2, -0.15) is 0 Å². The Balaban J connectivity index is 2.16. The van der Waals surface area contributed by atoms with Gasteiger partial charge in [-0.3, -0.25) is 4.79 Å². The molecule has 106 valence electrons. The van der Waals surface area contributed by atoms with E-state index < -0.39 is 0 Å². The second kappa shape index (κ2) is 5.88. The highest BCUT2D eigenvalue weighted by Gasteiger charge is 2.35. The lowest BCUT2D eigenvalue weighted by Crippen LogP contribution is -2.41. The number of ether oxygens (including phenoxy) is 1. The van der Waals surface area contributed by atoms with Crippen molar-refractivity contribution in [3.8, 4) is 0 Å². The molecule has 1 atom stereocenters. The topological polar surface area (TPSA) is 68.5 Å². The van der Waals surface area contributed by atoms with E-state index in [1.54, 1.807) is 7.11 Å². The first-order chi connectivity index (χ1) is 9.04. The second-order valence-electron chi connectivity index (χ2n) is 5.04. The Morgan fingerprint density at radius 2 is 2.32 bits per heavy atom. The molecular weight excluding hydrogens is 262 g/mol. The van der Waals surface area contributed by atoms with Gasteiger partial charge in [0.25, 0.3) is 5.91 Å². The number of nitrogen functional groups attached to an aromatic ring is 1. The van der Waals surface area contributed by atoms with Gasteiger partial charge in [-0.15, -0.1) is 0 Å². The van der Waals surface area contributed by atoms with Gasteiger partial charge >= 0.3 is 0 Å². The Kier molecular flexibility index (Phi) is 4.42. The lowest BCUT2D eigenvalue weighted by molar-refractivity contribution is 0.0598. The van der Waals surface area contributed by atoms with Gasteiger partial charge in [-0.25, -0.2) is 4.98 Å². The smallest absolute Gasteiger partial charge is 0.266 e. The Hall–Kier alpha value is -1.14. The largest absolute Gasteiger partial charge is 0.383 e. The third-order valence-corrected chi connectivity index (χ3v) is 4.57. The molecule has 0 saturated heterocycles. The minimum Gasteiger partial charge on any atom is -0.383 e. The van der Waals surface area contributed by atoms with Crippen molar-refractivity contribution in [2.24, 2.45) is 5.92 Å². The van der Waals surface area contributed by atoms with Crippen LogP contribution in [0.15, 0.2) is 0 Å². The summed E-state index contributed by atoms with van der Waals surface area (Å²) in [4.78, 5) is 19.3. The molecule has 0 bridgehead atoms. The summed E-state index contributed by atoms with van der Waals surface area (Å²) in [6.07, 6.45) is 2.42. The highest BCUT2D eigenvalue weighted by atomic mass is 32.1. The summed E-state index contributed by atoms with van der Waals surface area (Å²) in [6, 6.07) is 0.255. The fraction of sp³-hybridized carbons (Fsp3) is 0.692. The number of aromatic nitrogens is 1. The fourth-order valence-electron chi connectivity index (χ4n) is 2.26. The van der Waals surface area contributed by atoms with Crippen molar-refractivity contribution in [2.45, 2.75) is 32.7 Å². The lowest BCUT2D eigenvalue weighted by atomic mass is 10.1. The molecule has 0 radical (unpaired) electrons. The minimum absolute atomic E-state index is 0.0307. The van der Waals surface area contributed by atoms with Gasteiger partial charge in [0.05, 0.1) is 12.3 Å². The van der Waals surface area contributed by atoms with Crippen molar-refractivity contribution < 1.29 is 9.53 Å². The van der Waals surface area contributed by atoms with Crippen LogP contribution < -0.4 is 5.73 Å². The van der Waals surface area contributed by atoms with Crippen LogP contribution in [0, 0.1) is 12.8 Å². The molecule has 1 saturated carbocycles. The van der Waals surface area contributed by atoms with E-state index in [1.807, 2.05) is 11.8 Å². The normalized spacial score (nSPS) is 16.4. The van der Waals surface area contributed by atoms with Gasteiger partial charge in [-0.05, 0) is 32.6 Å². The monoisotopic (exact) mass is 283 g/mol. The van der Waals surface area contributed by atoms with Crippen molar-refractivity contribution in [3.63, 3.8) is 0 Å². The van der Waals surface area contributed by atoms with Crippen LogP contribution in [0.5, 0.6) is 0 Å². The van der Waals surface area contributed by atoms with Crippen LogP contribution in [0.1, 0.15) is 35.1 Å². The number of aryl methyl sites for hydroxylation is 1. The third kappa shape index (κ3) is 3.25. The highest BCUT2D eigenvalue weighted by molar-refractivity contribution is 7.17. The minimum atomic E-state index is 0.0307. The number of carbonyl (C=O) groups is 1. The fourth-order valence-corrected chi connectivity index (χ4v) is 3.05. The predicted octanol–water partition coefficient (Wildman–Crippen LogP) is 1.92. The number of hydrogen-bond acceptors (Lipinski definition) is 5. The van der Waals surface area contributed by atoms with E-state index in [9.17, 15) is 4.79 Å². The molecule has 1 aliphatic carbocycles. The maximum atomic E-state index is 12.6. The number of rotatable bonds is 6. The maximum absolute atomic E-state index is 12.6. The molecule has 2 rings (SSSR count). The molecule has 1 amide bonds. The van der Waals surface area contributed by atoms with E-state index in [-0.39, 0.29) is 11.9 Å². The average Bonchev–Trinajstić information content (AvgIpc) is 3.15. The number of methoxy groups -OCH3 is 1. The third-order valence-electron chi connectivity index (χ3n) is 3.60. The number of amides is 1. The van der Waals surface area contributed by atoms with Gasteiger partial charge in [-0.1, -0.05) is 11.3 Å². The van der Waals surface area contributed by atoms with E-state index in [4.69, 9.17) is 10.5 Å². The van der Waals surface area contributed by atoms with Crippen molar-refractivity contribution in [2.75, 3.05) is 26.0 Å². The zero-order valence-corrected chi connectivity index (χ0v) is 12.5. The van der Waals surface area contributed by atoms with Gasteiger partial charge in [0, 0.05) is 19.7 Å². The molecule has 0 spiro atoms. The summed E-state index contributed by atoms with van der Waals surface area (Å²) in [5.41, 5.74) is 6.40. The van der Waals surface area contributed by atoms with Crippen LogP contribution in [0.2, 0.25) is 0 Å². The molecule has 1 heterocycles. The van der Waals surface area contributed by atoms with Crippen molar-refractivity contribution in [1.29, 1.82) is 0 Å². The molecule has 1 aliphatic rings. The van der Waals surface area contributed by atoms with Crippen molar-refractivity contribution in [1.82, 2.24) is 9.88 Å². The average molecular weight is 283 g/mol. The van der Waals surface area contributed by atoms with E-state index >= 15 is 0 Å². The summed E-state index contributed by atoms with van der Waals surface area (Å²) in [5.74, 6) is 0.662. The molecule has 1 fully saturated rings. The number of anilines is 1. The SMILES string of the molecule is COCCN(C(=O)c1sc(N)nc1C)C(C)C1CC1. The van der Waals surface area contributed by atoms with Crippen LogP contribution in [0.3, 0.4) is 0 Å². The van der Waals surface area contributed by atoms with Gasteiger partial charge in [0.2, 0.25) is 0 Å². The Labute approximate surface area is 117 Å². The molecule has 5 nitrogen and oxygen atoms in total. The van der Waals surface area contributed by atoms with Crippen LogP contribution in [0.25, 0.3) is 0 Å². The van der Waals surface area contributed by atoms with Crippen LogP contribution in [-0.4, -0.2) is 42.1 Å². The Bertz CT molecular complexity index is 457. The summed E-state index contributed by atoms with van der Waals surface area (Å²) in [6.45, 7) is 5.11. The van der Waals surface area contributed by atoms with E-state index in [0.717, 1.165) is 5.69 Å². The molecule has 0 aromatic carbocycles. The summed E-state index contributed by atoms with van der Waals surface area (Å²) in [5, 5.41) is 0.451. The van der Waals surface area contributed by atoms with Crippen LogP contribution >= 0.6 is 11.3 Å². The number of thiazole rings is 1. The number of hydrogen-bond donors (Lipinski definition) is 1. The first-order valence-electron chi connectivity index (χ1n) is 6.57. The second-order valence-corrected chi connectivity index (χ2v) is 6.07.